The molecule has 0 atom stereocenters. The summed E-state index contributed by atoms with van der Waals surface area (Å²) in [4.78, 5) is 0. The number of hydrogen-bond acceptors (Lipinski definition) is 4. The van der Waals surface area contributed by atoms with E-state index in [1.165, 1.54) is 0 Å². The van der Waals surface area contributed by atoms with E-state index in [1.54, 1.807) is 0 Å². The molecule has 1 heterocycles. The SMILES string of the molecule is ClP(Cl)(Cl)=Nc1nnc(-c2ccccc2)o1. The molecule has 8 heteroatoms. The highest BCUT2D eigenvalue weighted by molar-refractivity contribution is 8.26. The first kappa shape index (κ1) is 11.9. The Hall–Kier alpha value is -0.540. The van der Waals surface area contributed by atoms with Gasteiger partial charge in [-0.1, -0.05) is 23.3 Å². The summed E-state index contributed by atoms with van der Waals surface area (Å²) in [5.41, 5.74) is 0.791. The fraction of sp³-hybridized carbons (Fsp3) is 0. The second-order valence-corrected chi connectivity index (χ2v) is 9.77. The molecule has 16 heavy (non-hydrogen) atoms. The molecule has 0 amide bonds. The molecule has 0 fully saturated rings. The van der Waals surface area contributed by atoms with Crippen LogP contribution in [0.1, 0.15) is 0 Å². The van der Waals surface area contributed by atoms with Crippen molar-refractivity contribution in [2.75, 3.05) is 0 Å². The van der Waals surface area contributed by atoms with Crippen molar-refractivity contribution in [3.63, 3.8) is 0 Å². The highest BCUT2D eigenvalue weighted by Gasteiger charge is 2.12. The lowest BCUT2D eigenvalue weighted by atomic mass is 10.2. The van der Waals surface area contributed by atoms with Crippen molar-refractivity contribution in [2.24, 2.45) is 4.74 Å². The Morgan fingerprint density at radius 1 is 1.06 bits per heavy atom. The van der Waals surface area contributed by atoms with Crippen LogP contribution in [0.2, 0.25) is 0 Å². The Morgan fingerprint density at radius 3 is 2.38 bits per heavy atom. The van der Waals surface area contributed by atoms with E-state index >= 15 is 0 Å². The van der Waals surface area contributed by atoms with Gasteiger partial charge in [0, 0.05) is 5.56 Å². The molecule has 0 N–H and O–H groups in total. The van der Waals surface area contributed by atoms with Crippen LogP contribution in [0.15, 0.2) is 39.5 Å². The van der Waals surface area contributed by atoms with Crippen molar-refractivity contribution in [2.45, 2.75) is 0 Å². The summed E-state index contributed by atoms with van der Waals surface area (Å²) >= 11 is 16.7. The van der Waals surface area contributed by atoms with E-state index in [4.69, 9.17) is 38.1 Å². The van der Waals surface area contributed by atoms with Gasteiger partial charge in [0.05, 0.1) is 0 Å². The zero-order valence-electron chi connectivity index (χ0n) is 7.72. The van der Waals surface area contributed by atoms with Gasteiger partial charge < -0.3 is 4.42 Å². The molecule has 2 rings (SSSR count). The number of nitrogens with zero attached hydrogens (tertiary/aromatic N) is 3. The van der Waals surface area contributed by atoms with Gasteiger partial charge in [0.15, 0.2) is 0 Å². The molecule has 0 aliphatic rings. The van der Waals surface area contributed by atoms with Crippen LogP contribution >= 0.6 is 38.8 Å². The first-order chi connectivity index (χ1) is 7.54. The number of rotatable bonds is 2. The van der Waals surface area contributed by atoms with Crippen LogP contribution in [-0.4, -0.2) is 10.2 Å². The molecular formula is C8H5Cl3N3OP. The maximum absolute atomic E-state index is 5.57. The van der Waals surface area contributed by atoms with Crippen LogP contribution in [-0.2, 0) is 0 Å². The number of hydrogen-bond donors (Lipinski definition) is 0. The molecule has 0 saturated heterocycles. The predicted molar refractivity (Wildman–Crippen MR) is 66.3 cm³/mol. The van der Waals surface area contributed by atoms with Gasteiger partial charge in [0.25, 0.3) is 0 Å². The summed E-state index contributed by atoms with van der Waals surface area (Å²) in [6.07, 6.45) is 0. The Balaban J connectivity index is 2.35. The summed E-state index contributed by atoms with van der Waals surface area (Å²) in [6.45, 7) is 0. The molecule has 0 radical (unpaired) electrons. The average molecular weight is 296 g/mol. The molecular weight excluding hydrogens is 291 g/mol. The van der Waals surface area contributed by atoms with Crippen molar-refractivity contribution in [3.8, 4) is 11.5 Å². The average Bonchev–Trinajstić information content (AvgIpc) is 2.65. The van der Waals surface area contributed by atoms with Crippen LogP contribution in [0.3, 0.4) is 0 Å². The van der Waals surface area contributed by atoms with E-state index < -0.39 is 5.11 Å². The Labute approximate surface area is 106 Å². The molecule has 84 valence electrons. The largest absolute Gasteiger partial charge is 0.402 e. The third-order valence-corrected chi connectivity index (χ3v) is 2.71. The molecule has 0 spiro atoms. The first-order valence-electron chi connectivity index (χ1n) is 4.15. The third-order valence-electron chi connectivity index (χ3n) is 1.63. The Kier molecular flexibility index (Phi) is 3.55. The van der Waals surface area contributed by atoms with Crippen LogP contribution in [0.25, 0.3) is 11.5 Å². The van der Waals surface area contributed by atoms with Crippen molar-refractivity contribution >= 4 is 44.8 Å². The van der Waals surface area contributed by atoms with Crippen LogP contribution in [0.5, 0.6) is 0 Å². The fourth-order valence-electron chi connectivity index (χ4n) is 1.05. The van der Waals surface area contributed by atoms with Crippen LogP contribution < -0.4 is 0 Å². The van der Waals surface area contributed by atoms with Gasteiger partial charge in [0.1, 0.15) is 0 Å². The van der Waals surface area contributed by atoms with Gasteiger partial charge in [-0.05, 0) is 45.9 Å². The molecule has 1 aromatic carbocycles. The molecule has 2 aromatic rings. The van der Waals surface area contributed by atoms with E-state index in [2.05, 4.69) is 14.9 Å². The minimum atomic E-state index is -2.87. The highest BCUT2D eigenvalue weighted by atomic mass is 36.0. The van der Waals surface area contributed by atoms with Crippen molar-refractivity contribution in [1.82, 2.24) is 10.2 Å². The van der Waals surface area contributed by atoms with Gasteiger partial charge >= 0.3 is 6.01 Å². The predicted octanol–water partition coefficient (Wildman–Crippen LogP) is 5.03. The molecule has 0 unspecified atom stereocenters. The Morgan fingerprint density at radius 2 is 1.75 bits per heavy atom. The van der Waals surface area contributed by atoms with Crippen LogP contribution in [0, 0.1) is 0 Å². The van der Waals surface area contributed by atoms with Gasteiger partial charge in [-0.3, -0.25) is 0 Å². The lowest BCUT2D eigenvalue weighted by molar-refractivity contribution is 0.581. The van der Waals surface area contributed by atoms with Crippen molar-refractivity contribution < 1.29 is 4.42 Å². The first-order valence-corrected chi connectivity index (χ1v) is 8.60. The molecule has 1 aromatic heterocycles. The summed E-state index contributed by atoms with van der Waals surface area (Å²) < 4.78 is 8.94. The second-order valence-electron chi connectivity index (χ2n) is 2.77. The summed E-state index contributed by atoms with van der Waals surface area (Å²) in [6, 6.07) is 9.25. The zero-order chi connectivity index (χ0) is 11.6. The quantitative estimate of drug-likeness (QED) is 0.730. The molecule has 0 bridgehead atoms. The lowest BCUT2D eigenvalue weighted by Crippen LogP contribution is -1.75. The van der Waals surface area contributed by atoms with E-state index in [0.717, 1.165) is 5.56 Å². The minimum absolute atomic E-state index is 0.0211. The topological polar surface area (TPSA) is 51.3 Å². The number of benzene rings is 1. The standard InChI is InChI=1S/C8H5Cl3N3OP/c9-16(10,11)14-8-13-12-7(15-8)6-4-2-1-3-5-6/h1-5H. The van der Waals surface area contributed by atoms with E-state index in [9.17, 15) is 0 Å². The van der Waals surface area contributed by atoms with E-state index in [1.807, 2.05) is 30.3 Å². The monoisotopic (exact) mass is 295 g/mol. The fourth-order valence-corrected chi connectivity index (χ4v) is 1.91. The smallest absolute Gasteiger partial charge is 0.344 e. The second kappa shape index (κ2) is 4.76. The van der Waals surface area contributed by atoms with Gasteiger partial charge in [0.2, 0.25) is 11.0 Å². The van der Waals surface area contributed by atoms with Gasteiger partial charge in [-0.15, -0.1) is 5.10 Å². The normalized spacial score (nSPS) is 11.4. The number of aromatic nitrogens is 2. The third kappa shape index (κ3) is 3.22. The van der Waals surface area contributed by atoms with Crippen LogP contribution in [0.4, 0.5) is 6.01 Å². The van der Waals surface area contributed by atoms with Gasteiger partial charge in [-0.2, -0.15) is 4.74 Å². The maximum Gasteiger partial charge on any atom is 0.344 e. The molecule has 4 nitrogen and oxygen atoms in total. The lowest BCUT2D eigenvalue weighted by Gasteiger charge is -1.93. The molecule has 0 aliphatic carbocycles. The molecule has 0 saturated carbocycles. The maximum atomic E-state index is 5.57. The highest BCUT2D eigenvalue weighted by Crippen LogP contribution is 2.66. The van der Waals surface area contributed by atoms with Gasteiger partial charge in [-0.25, -0.2) is 0 Å². The minimum Gasteiger partial charge on any atom is -0.402 e. The van der Waals surface area contributed by atoms with E-state index in [-0.39, 0.29) is 6.01 Å². The summed E-state index contributed by atoms with van der Waals surface area (Å²) in [7, 11) is 0. The zero-order valence-corrected chi connectivity index (χ0v) is 10.9. The molecule has 0 aliphatic heterocycles. The Bertz CT molecular complexity index is 528. The summed E-state index contributed by atoms with van der Waals surface area (Å²) in [5, 5.41) is 4.60. The van der Waals surface area contributed by atoms with E-state index in [0.29, 0.717) is 5.89 Å². The van der Waals surface area contributed by atoms with Crippen molar-refractivity contribution in [1.29, 1.82) is 0 Å². The summed E-state index contributed by atoms with van der Waals surface area (Å²) in [5.74, 6) is 0.345. The number of halogens is 3. The van der Waals surface area contributed by atoms with Crippen molar-refractivity contribution in [3.05, 3.63) is 30.3 Å².